The van der Waals surface area contributed by atoms with Crippen molar-refractivity contribution in [3.8, 4) is 0 Å². The highest BCUT2D eigenvalue weighted by atomic mass is 35.5. The van der Waals surface area contributed by atoms with E-state index in [4.69, 9.17) is 11.6 Å². The van der Waals surface area contributed by atoms with Gasteiger partial charge >= 0.3 is 0 Å². The smallest absolute Gasteiger partial charge is 0.244 e. The zero-order valence-electron chi connectivity index (χ0n) is 13.7. The predicted octanol–water partition coefficient (Wildman–Crippen LogP) is 2.93. The summed E-state index contributed by atoms with van der Waals surface area (Å²) < 4.78 is 0. The maximum Gasteiger partial charge on any atom is 0.244 e. The molecule has 5 nitrogen and oxygen atoms in total. The zero-order valence-corrected chi connectivity index (χ0v) is 14.5. The fourth-order valence-electron chi connectivity index (χ4n) is 3.11. The number of carbonyl (C=O) groups is 1. The highest BCUT2D eigenvalue weighted by molar-refractivity contribution is 6.29. The van der Waals surface area contributed by atoms with E-state index >= 15 is 0 Å². The average Bonchev–Trinajstić information content (AvgIpc) is 3.12. The average molecular weight is 345 g/mol. The van der Waals surface area contributed by atoms with E-state index in [1.54, 1.807) is 29.6 Å². The number of nitrogens with zero attached hydrogens (tertiary/aromatic N) is 4. The molecular weight excluding hydrogens is 324 g/mol. The van der Waals surface area contributed by atoms with Crippen LogP contribution in [-0.2, 0) is 11.3 Å². The third-order valence-corrected chi connectivity index (χ3v) is 4.55. The fourth-order valence-corrected chi connectivity index (χ4v) is 3.22. The first-order valence-electron chi connectivity index (χ1n) is 8.14. The van der Waals surface area contributed by atoms with Gasteiger partial charge in [0.15, 0.2) is 0 Å². The monoisotopic (exact) mass is 344 g/mol. The van der Waals surface area contributed by atoms with Gasteiger partial charge < -0.3 is 4.90 Å². The number of halogens is 1. The second-order valence-corrected chi connectivity index (χ2v) is 6.50. The molecule has 24 heavy (non-hydrogen) atoms. The van der Waals surface area contributed by atoms with Crippen LogP contribution in [0.3, 0.4) is 0 Å². The highest BCUT2D eigenvalue weighted by Gasteiger charge is 2.31. The van der Waals surface area contributed by atoms with Gasteiger partial charge in [0.25, 0.3) is 0 Å². The minimum Gasteiger partial charge on any atom is -0.340 e. The zero-order chi connectivity index (χ0) is 16.9. The quantitative estimate of drug-likeness (QED) is 0.782. The Kier molecular flexibility index (Phi) is 5.43. The SMILES string of the molecule is CN(Cc1ccc(Cl)nc1)C(=O)[C@@H](c1cccnc1)N1CCCC1. The lowest BCUT2D eigenvalue weighted by molar-refractivity contribution is -0.136. The van der Waals surface area contributed by atoms with Crippen LogP contribution in [0.15, 0.2) is 42.9 Å². The molecule has 0 radical (unpaired) electrons. The Morgan fingerprint density at radius 2 is 2.08 bits per heavy atom. The molecule has 0 spiro atoms. The minimum atomic E-state index is -0.272. The molecule has 0 aromatic carbocycles. The van der Waals surface area contributed by atoms with Crippen LogP contribution in [0.4, 0.5) is 0 Å². The first-order chi connectivity index (χ1) is 11.6. The summed E-state index contributed by atoms with van der Waals surface area (Å²) in [6.07, 6.45) is 7.50. The van der Waals surface area contributed by atoms with Crippen LogP contribution in [0.2, 0.25) is 5.15 Å². The number of likely N-dealkylation sites (tertiary alicyclic amines) is 1. The molecule has 6 heteroatoms. The van der Waals surface area contributed by atoms with Crippen molar-refractivity contribution in [3.63, 3.8) is 0 Å². The van der Waals surface area contributed by atoms with E-state index in [0.29, 0.717) is 11.7 Å². The predicted molar refractivity (Wildman–Crippen MR) is 93.5 cm³/mol. The molecule has 1 saturated heterocycles. The van der Waals surface area contributed by atoms with Gasteiger partial charge in [-0.2, -0.15) is 0 Å². The van der Waals surface area contributed by atoms with Crippen LogP contribution in [-0.4, -0.2) is 45.8 Å². The van der Waals surface area contributed by atoms with Crippen molar-refractivity contribution in [1.29, 1.82) is 0 Å². The molecule has 2 aromatic heterocycles. The molecule has 1 amide bonds. The second kappa shape index (κ2) is 7.73. The van der Waals surface area contributed by atoms with E-state index in [0.717, 1.165) is 37.1 Å². The number of hydrogen-bond acceptors (Lipinski definition) is 4. The largest absolute Gasteiger partial charge is 0.340 e. The van der Waals surface area contributed by atoms with Gasteiger partial charge in [-0.25, -0.2) is 4.98 Å². The molecule has 1 aliphatic rings. The maximum absolute atomic E-state index is 13.1. The van der Waals surface area contributed by atoms with Gasteiger partial charge in [-0.05, 0) is 49.2 Å². The van der Waals surface area contributed by atoms with E-state index in [1.807, 2.05) is 25.2 Å². The molecule has 1 fully saturated rings. The van der Waals surface area contributed by atoms with Crippen LogP contribution in [0, 0.1) is 0 Å². The van der Waals surface area contributed by atoms with Gasteiger partial charge in [0.1, 0.15) is 11.2 Å². The number of pyridine rings is 2. The number of aromatic nitrogens is 2. The number of carbonyl (C=O) groups excluding carboxylic acids is 1. The topological polar surface area (TPSA) is 49.3 Å². The molecule has 1 atom stereocenters. The Balaban J connectivity index is 1.78. The second-order valence-electron chi connectivity index (χ2n) is 6.12. The lowest BCUT2D eigenvalue weighted by atomic mass is 10.1. The van der Waals surface area contributed by atoms with Gasteiger partial charge in [-0.15, -0.1) is 0 Å². The van der Waals surface area contributed by atoms with E-state index in [9.17, 15) is 4.79 Å². The van der Waals surface area contributed by atoms with Crippen molar-refractivity contribution in [2.45, 2.75) is 25.4 Å². The van der Waals surface area contributed by atoms with Crippen molar-refractivity contribution in [2.75, 3.05) is 20.1 Å². The normalized spacial score (nSPS) is 16.1. The summed E-state index contributed by atoms with van der Waals surface area (Å²) in [4.78, 5) is 25.4. The van der Waals surface area contributed by atoms with Gasteiger partial charge in [-0.3, -0.25) is 14.7 Å². The minimum absolute atomic E-state index is 0.0832. The van der Waals surface area contributed by atoms with Crippen LogP contribution < -0.4 is 0 Å². The Morgan fingerprint density at radius 1 is 1.29 bits per heavy atom. The lowest BCUT2D eigenvalue weighted by Gasteiger charge is -2.30. The Morgan fingerprint density at radius 3 is 2.71 bits per heavy atom. The number of amides is 1. The Hall–Kier alpha value is -1.98. The Labute approximate surface area is 147 Å². The van der Waals surface area contributed by atoms with Crippen molar-refractivity contribution in [1.82, 2.24) is 19.8 Å². The van der Waals surface area contributed by atoms with Crippen molar-refractivity contribution < 1.29 is 4.79 Å². The standard InChI is InChI=1S/C18H21ClN4O/c1-22(13-14-6-7-16(19)21-11-14)18(24)17(23-9-2-3-10-23)15-5-4-8-20-12-15/h4-8,11-12,17H,2-3,9-10,13H2,1H3/t17-/m1/s1. The number of likely N-dealkylation sites (N-methyl/N-ethyl adjacent to an activating group) is 1. The van der Waals surface area contributed by atoms with Crippen LogP contribution in [0.25, 0.3) is 0 Å². The summed E-state index contributed by atoms with van der Waals surface area (Å²) in [5.41, 5.74) is 1.91. The van der Waals surface area contributed by atoms with E-state index in [1.165, 1.54) is 0 Å². The summed E-state index contributed by atoms with van der Waals surface area (Å²) in [6.45, 7) is 2.40. The lowest BCUT2D eigenvalue weighted by Crippen LogP contribution is -2.40. The van der Waals surface area contributed by atoms with E-state index in [-0.39, 0.29) is 11.9 Å². The summed E-state index contributed by atoms with van der Waals surface area (Å²) >= 11 is 5.82. The molecular formula is C18H21ClN4O. The van der Waals surface area contributed by atoms with Gasteiger partial charge in [0, 0.05) is 32.2 Å². The first-order valence-corrected chi connectivity index (χ1v) is 8.52. The van der Waals surface area contributed by atoms with Crippen molar-refractivity contribution in [3.05, 3.63) is 59.1 Å². The summed E-state index contributed by atoms with van der Waals surface area (Å²) in [7, 11) is 1.83. The molecule has 2 aromatic rings. The van der Waals surface area contributed by atoms with Crippen LogP contribution >= 0.6 is 11.6 Å². The first kappa shape index (κ1) is 16.9. The molecule has 0 aliphatic carbocycles. The summed E-state index contributed by atoms with van der Waals surface area (Å²) in [5.74, 6) is 0.0832. The fraction of sp³-hybridized carbons (Fsp3) is 0.389. The van der Waals surface area contributed by atoms with Crippen molar-refractivity contribution >= 4 is 17.5 Å². The van der Waals surface area contributed by atoms with Crippen molar-refractivity contribution in [2.24, 2.45) is 0 Å². The molecule has 0 N–H and O–H groups in total. The third kappa shape index (κ3) is 3.91. The van der Waals surface area contributed by atoms with Gasteiger partial charge in [0.05, 0.1) is 0 Å². The molecule has 1 aliphatic heterocycles. The number of rotatable bonds is 5. The molecule has 0 saturated carbocycles. The highest BCUT2D eigenvalue weighted by Crippen LogP contribution is 2.26. The molecule has 0 unspecified atom stereocenters. The van der Waals surface area contributed by atoms with Gasteiger partial charge in [0.2, 0.25) is 5.91 Å². The Bertz CT molecular complexity index is 671. The van der Waals surface area contributed by atoms with E-state index in [2.05, 4.69) is 14.9 Å². The molecule has 0 bridgehead atoms. The third-order valence-electron chi connectivity index (χ3n) is 4.32. The van der Waals surface area contributed by atoms with E-state index < -0.39 is 0 Å². The molecule has 126 valence electrons. The summed E-state index contributed by atoms with van der Waals surface area (Å²) in [6, 6.07) is 7.23. The van der Waals surface area contributed by atoms with Crippen LogP contribution in [0.5, 0.6) is 0 Å². The maximum atomic E-state index is 13.1. The number of hydrogen-bond donors (Lipinski definition) is 0. The van der Waals surface area contributed by atoms with Crippen LogP contribution in [0.1, 0.15) is 30.0 Å². The summed E-state index contributed by atoms with van der Waals surface area (Å²) in [5, 5.41) is 0.457. The van der Waals surface area contributed by atoms with Gasteiger partial charge in [-0.1, -0.05) is 23.7 Å². The molecule has 3 rings (SSSR count). The molecule has 3 heterocycles.